The van der Waals surface area contributed by atoms with Crippen molar-refractivity contribution in [3.05, 3.63) is 63.0 Å². The molecule has 4 rings (SSSR count). The second kappa shape index (κ2) is 9.83. The fourth-order valence-electron chi connectivity index (χ4n) is 3.14. The minimum Gasteiger partial charge on any atom is -0.466 e. The molecular weight excluding hydrogens is 471 g/mol. The molecular formula is C18H18ClFN4O5S2. The predicted octanol–water partition coefficient (Wildman–Crippen LogP) is 2.28. The molecule has 1 aromatic carbocycles. The van der Waals surface area contributed by atoms with Crippen LogP contribution in [0.15, 0.2) is 52.1 Å². The van der Waals surface area contributed by atoms with Crippen LogP contribution in [0.1, 0.15) is 11.4 Å². The third-order valence-corrected chi connectivity index (χ3v) is 5.95. The Bertz CT molecular complexity index is 1100. The van der Waals surface area contributed by atoms with Gasteiger partial charge in [-0.2, -0.15) is 13.1 Å². The van der Waals surface area contributed by atoms with Crippen molar-refractivity contribution in [3.8, 4) is 0 Å². The van der Waals surface area contributed by atoms with E-state index >= 15 is 0 Å². The lowest BCUT2D eigenvalue weighted by Crippen LogP contribution is -2.39. The van der Waals surface area contributed by atoms with E-state index in [0.29, 0.717) is 27.1 Å². The van der Waals surface area contributed by atoms with Crippen molar-refractivity contribution in [2.75, 3.05) is 20.2 Å². The molecule has 1 atom stereocenters. The van der Waals surface area contributed by atoms with Crippen LogP contribution >= 0.6 is 22.9 Å². The van der Waals surface area contributed by atoms with Crippen LogP contribution in [0.25, 0.3) is 0 Å². The molecule has 9 nitrogen and oxygen atoms in total. The largest absolute Gasteiger partial charge is 0.466 e. The summed E-state index contributed by atoms with van der Waals surface area (Å²) in [7, 11) is -3.05. The van der Waals surface area contributed by atoms with Gasteiger partial charge in [0.1, 0.15) is 5.82 Å². The molecule has 13 heteroatoms. The molecule has 0 spiro atoms. The number of esters is 1. The maximum Gasteiger partial charge on any atom is 0.337 e. The molecule has 2 aliphatic rings. The molecule has 0 amide bonds. The fourth-order valence-corrected chi connectivity index (χ4v) is 4.55. The lowest BCUT2D eigenvalue weighted by Gasteiger charge is -2.26. The second-order valence-corrected chi connectivity index (χ2v) is 8.96. The van der Waals surface area contributed by atoms with Gasteiger partial charge in [0.05, 0.1) is 19.2 Å². The first kappa shape index (κ1) is 23.3. The quantitative estimate of drug-likeness (QED) is 0.500. The maximum absolute atomic E-state index is 12.1. The molecule has 2 N–H and O–H groups in total. The van der Waals surface area contributed by atoms with E-state index in [2.05, 4.69) is 14.7 Å². The van der Waals surface area contributed by atoms with Crippen molar-refractivity contribution >= 4 is 45.0 Å². The molecule has 3 heterocycles. The van der Waals surface area contributed by atoms with Crippen LogP contribution in [0.4, 0.5) is 4.39 Å². The van der Waals surface area contributed by atoms with Gasteiger partial charge in [-0.1, -0.05) is 17.7 Å². The Hall–Kier alpha value is -2.38. The summed E-state index contributed by atoms with van der Waals surface area (Å²) in [5, 5.41) is 2.92. The number of amidine groups is 1. The van der Waals surface area contributed by atoms with E-state index in [9.17, 15) is 17.6 Å². The van der Waals surface area contributed by atoms with Gasteiger partial charge in [-0.05, 0) is 18.2 Å². The van der Waals surface area contributed by atoms with Crippen LogP contribution in [-0.2, 0) is 19.8 Å². The number of benzene rings is 1. The van der Waals surface area contributed by atoms with Gasteiger partial charge < -0.3 is 9.64 Å². The zero-order valence-electron chi connectivity index (χ0n) is 16.2. The number of thiazole rings is 1. The smallest absolute Gasteiger partial charge is 0.337 e. The number of carbonyl (C=O) groups excluding carboxylic acids is 1. The second-order valence-electron chi connectivity index (χ2n) is 6.44. The van der Waals surface area contributed by atoms with Crippen LogP contribution in [0.2, 0.25) is 5.02 Å². The number of halogens is 2. The number of fused-ring (bicyclic) bond motifs is 1. The Morgan fingerprint density at radius 2 is 2.23 bits per heavy atom. The number of aromatic nitrogens is 1. The molecule has 1 unspecified atom stereocenters. The number of carbonyl (C=O) groups is 1. The summed E-state index contributed by atoms with van der Waals surface area (Å²) < 4.78 is 50.1. The Balaban J connectivity index is 0.000000287. The van der Waals surface area contributed by atoms with Crippen molar-refractivity contribution in [1.82, 2.24) is 14.6 Å². The molecule has 0 radical (unpaired) electrons. The average Bonchev–Trinajstić information content (AvgIpc) is 3.35. The third-order valence-electron chi connectivity index (χ3n) is 4.32. The Labute approximate surface area is 187 Å². The normalized spacial score (nSPS) is 18.1. The zero-order chi connectivity index (χ0) is 22.6. The number of hydrogen-bond acceptors (Lipinski definition) is 8. The molecule has 1 fully saturated rings. The van der Waals surface area contributed by atoms with Crippen molar-refractivity contribution in [2.45, 2.75) is 12.5 Å². The van der Waals surface area contributed by atoms with E-state index in [1.54, 1.807) is 28.6 Å². The minimum absolute atomic E-state index is 0.145. The SMILES string of the molecule is COC(=O)C1=C2CC(NS(=O)(=O)O)CN2C(c2nccs2)=NC1.Fc1cccc(Cl)c1. The van der Waals surface area contributed by atoms with Gasteiger partial charge >= 0.3 is 16.3 Å². The van der Waals surface area contributed by atoms with Crippen LogP contribution in [0.5, 0.6) is 0 Å². The Kier molecular flexibility index (Phi) is 7.38. The monoisotopic (exact) mass is 488 g/mol. The third kappa shape index (κ3) is 6.08. The molecule has 1 aromatic heterocycles. The Morgan fingerprint density at radius 3 is 2.77 bits per heavy atom. The summed E-state index contributed by atoms with van der Waals surface area (Å²) in [6.07, 6.45) is 1.90. The number of aliphatic imine (C=N–C) groups is 1. The van der Waals surface area contributed by atoms with Gasteiger partial charge in [0, 0.05) is 41.3 Å². The van der Waals surface area contributed by atoms with Crippen molar-refractivity contribution in [3.63, 3.8) is 0 Å². The van der Waals surface area contributed by atoms with Gasteiger partial charge in [0.25, 0.3) is 0 Å². The number of rotatable bonds is 4. The zero-order valence-corrected chi connectivity index (χ0v) is 18.5. The van der Waals surface area contributed by atoms with E-state index in [0.717, 1.165) is 0 Å². The van der Waals surface area contributed by atoms with Crippen molar-refractivity contribution < 1.29 is 26.9 Å². The Morgan fingerprint density at radius 1 is 1.45 bits per heavy atom. The van der Waals surface area contributed by atoms with Gasteiger partial charge in [-0.15, -0.1) is 11.3 Å². The molecule has 0 bridgehead atoms. The van der Waals surface area contributed by atoms with Gasteiger partial charge in [-0.25, -0.2) is 14.2 Å². The predicted molar refractivity (Wildman–Crippen MR) is 114 cm³/mol. The summed E-state index contributed by atoms with van der Waals surface area (Å²) in [6.45, 7) is 0.389. The standard InChI is InChI=1S/C12H14N4O5S2.C6H4ClF/c1-21-12(17)8-5-14-10(11-13-2-3-22-11)16-6-7(4-9(8)16)15-23(18,19)20;7-5-2-1-3-6(8)4-5/h2-3,7,15H,4-6H2,1H3,(H,18,19,20);1-4H. The lowest BCUT2D eigenvalue weighted by atomic mass is 10.1. The maximum atomic E-state index is 12.1. The van der Waals surface area contributed by atoms with Gasteiger partial charge in [0.2, 0.25) is 0 Å². The van der Waals surface area contributed by atoms with Gasteiger partial charge in [-0.3, -0.25) is 9.55 Å². The summed E-state index contributed by atoms with van der Waals surface area (Å²) in [4.78, 5) is 22.3. The number of nitrogens with zero attached hydrogens (tertiary/aromatic N) is 3. The number of ether oxygens (including phenoxy) is 1. The topological polar surface area (TPSA) is 121 Å². The van der Waals surface area contributed by atoms with E-state index in [4.69, 9.17) is 20.9 Å². The van der Waals surface area contributed by atoms with E-state index in [1.807, 2.05) is 0 Å². The molecule has 0 aliphatic carbocycles. The molecule has 2 aromatic rings. The first-order valence-corrected chi connectivity index (χ1v) is 11.6. The highest BCUT2D eigenvalue weighted by molar-refractivity contribution is 7.83. The van der Waals surface area contributed by atoms with Crippen LogP contribution in [0, 0.1) is 5.82 Å². The van der Waals surface area contributed by atoms with E-state index < -0.39 is 22.3 Å². The summed E-state index contributed by atoms with van der Waals surface area (Å²) in [6, 6.07) is 5.25. The highest BCUT2D eigenvalue weighted by atomic mass is 35.5. The van der Waals surface area contributed by atoms with Crippen molar-refractivity contribution in [1.29, 1.82) is 0 Å². The highest BCUT2D eigenvalue weighted by Gasteiger charge is 2.38. The van der Waals surface area contributed by atoms with Crippen LogP contribution in [0.3, 0.4) is 0 Å². The first-order chi connectivity index (χ1) is 14.7. The molecule has 2 aliphatic heterocycles. The molecule has 166 valence electrons. The summed E-state index contributed by atoms with van der Waals surface area (Å²) in [5.41, 5.74) is 1.02. The number of nitrogens with one attached hydrogen (secondary N) is 1. The van der Waals surface area contributed by atoms with Crippen molar-refractivity contribution in [2.24, 2.45) is 4.99 Å². The summed E-state index contributed by atoms with van der Waals surface area (Å²) >= 11 is 6.80. The van der Waals surface area contributed by atoms with Crippen LogP contribution in [-0.4, -0.2) is 60.9 Å². The van der Waals surface area contributed by atoms with Crippen LogP contribution < -0.4 is 4.72 Å². The number of hydrogen-bond donors (Lipinski definition) is 2. The molecule has 1 saturated heterocycles. The molecule has 0 saturated carbocycles. The average molecular weight is 489 g/mol. The summed E-state index contributed by atoms with van der Waals surface area (Å²) in [5.74, 6) is -0.209. The lowest BCUT2D eigenvalue weighted by molar-refractivity contribution is -0.136. The van der Waals surface area contributed by atoms with Gasteiger partial charge in [0.15, 0.2) is 10.8 Å². The molecule has 31 heavy (non-hydrogen) atoms. The highest BCUT2D eigenvalue weighted by Crippen LogP contribution is 2.31. The number of methoxy groups -OCH3 is 1. The first-order valence-electron chi connectivity index (χ1n) is 8.86. The fraction of sp³-hybridized carbons (Fsp3) is 0.278. The van der Waals surface area contributed by atoms with E-state index in [1.165, 1.54) is 30.6 Å². The van der Waals surface area contributed by atoms with E-state index in [-0.39, 0.29) is 25.3 Å². The minimum atomic E-state index is -4.33.